The fourth-order valence-electron chi connectivity index (χ4n) is 3.60. The lowest BCUT2D eigenvalue weighted by Gasteiger charge is -2.43. The van der Waals surface area contributed by atoms with Crippen LogP contribution in [-0.2, 0) is 21.0 Å². The quantitative estimate of drug-likeness (QED) is 0.862. The molecule has 25 heavy (non-hydrogen) atoms. The molecule has 1 N–H and O–H groups in total. The van der Waals surface area contributed by atoms with Crippen molar-refractivity contribution in [1.29, 1.82) is 0 Å². The molecule has 1 aromatic carbocycles. The molecule has 0 bridgehead atoms. The first kappa shape index (κ1) is 18.2. The second-order valence-corrected chi connectivity index (χ2v) is 8.55. The van der Waals surface area contributed by atoms with Crippen LogP contribution in [0, 0.1) is 5.41 Å². The first-order chi connectivity index (χ1) is 11.7. The number of amides is 1. The summed E-state index contributed by atoms with van der Waals surface area (Å²) in [4.78, 5) is 11.9. The van der Waals surface area contributed by atoms with Crippen LogP contribution in [-0.4, -0.2) is 38.3 Å². The van der Waals surface area contributed by atoms with Gasteiger partial charge in [0.25, 0.3) is 0 Å². The maximum atomic E-state index is 12.9. The maximum absolute atomic E-state index is 12.9. The normalized spacial score (nSPS) is 25.8. The molecule has 0 aliphatic carbocycles. The van der Waals surface area contributed by atoms with Crippen molar-refractivity contribution in [3.8, 4) is 0 Å². The van der Waals surface area contributed by atoms with Gasteiger partial charge in [0, 0.05) is 19.6 Å². The summed E-state index contributed by atoms with van der Waals surface area (Å²) in [6, 6.07) is 3.73. The maximum Gasteiger partial charge on any atom is 0.416 e. The number of piperidine rings is 2. The van der Waals surface area contributed by atoms with Gasteiger partial charge in [-0.15, -0.1) is 0 Å². The van der Waals surface area contributed by atoms with Crippen molar-refractivity contribution in [3.63, 3.8) is 0 Å². The Balaban J connectivity index is 1.91. The number of carbonyl (C=O) groups is 1. The highest BCUT2D eigenvalue weighted by molar-refractivity contribution is 7.89. The highest BCUT2D eigenvalue weighted by atomic mass is 32.2. The van der Waals surface area contributed by atoms with E-state index in [-0.39, 0.29) is 19.0 Å². The minimum absolute atomic E-state index is 0.0113. The second kappa shape index (κ2) is 6.28. The molecule has 0 saturated carbocycles. The third kappa shape index (κ3) is 3.39. The molecule has 9 heteroatoms. The molecule has 2 heterocycles. The smallest absolute Gasteiger partial charge is 0.356 e. The van der Waals surface area contributed by atoms with Crippen molar-refractivity contribution in [2.75, 3.05) is 19.6 Å². The number of rotatable bonds is 2. The average Bonchev–Trinajstić information content (AvgIpc) is 2.57. The first-order valence-electron chi connectivity index (χ1n) is 8.11. The molecular formula is C16H19F3N2O3S. The van der Waals surface area contributed by atoms with Gasteiger partial charge in [-0.2, -0.15) is 17.5 Å². The summed E-state index contributed by atoms with van der Waals surface area (Å²) in [5, 5.41) is 2.77. The molecule has 1 unspecified atom stereocenters. The summed E-state index contributed by atoms with van der Waals surface area (Å²) >= 11 is 0. The Morgan fingerprint density at radius 2 is 1.88 bits per heavy atom. The molecule has 138 valence electrons. The fraction of sp³-hybridized carbons (Fsp3) is 0.562. The SMILES string of the molecule is O=C1NCCCC12CCCN(S(=O)(=O)c1cccc(C(F)(F)F)c1)C2. The van der Waals surface area contributed by atoms with Gasteiger partial charge in [-0.3, -0.25) is 4.79 Å². The fourth-order valence-corrected chi connectivity index (χ4v) is 5.21. The number of hydrogen-bond donors (Lipinski definition) is 1. The first-order valence-corrected chi connectivity index (χ1v) is 9.55. The monoisotopic (exact) mass is 376 g/mol. The van der Waals surface area contributed by atoms with Gasteiger partial charge in [-0.25, -0.2) is 8.42 Å². The van der Waals surface area contributed by atoms with Gasteiger partial charge in [0.05, 0.1) is 15.9 Å². The van der Waals surface area contributed by atoms with Crippen LogP contribution in [0.4, 0.5) is 13.2 Å². The lowest BCUT2D eigenvalue weighted by molar-refractivity contribution is -0.137. The van der Waals surface area contributed by atoms with E-state index in [2.05, 4.69) is 5.32 Å². The van der Waals surface area contributed by atoms with E-state index >= 15 is 0 Å². The Morgan fingerprint density at radius 3 is 2.56 bits per heavy atom. The number of halogens is 3. The van der Waals surface area contributed by atoms with Crippen molar-refractivity contribution < 1.29 is 26.4 Å². The third-order valence-electron chi connectivity index (χ3n) is 4.94. The topological polar surface area (TPSA) is 66.5 Å². The molecule has 2 aliphatic heterocycles. The molecule has 2 fully saturated rings. The highest BCUT2D eigenvalue weighted by Crippen LogP contribution is 2.39. The van der Waals surface area contributed by atoms with E-state index in [4.69, 9.17) is 0 Å². The number of benzene rings is 1. The van der Waals surface area contributed by atoms with Crippen LogP contribution in [0.2, 0.25) is 0 Å². The lowest BCUT2D eigenvalue weighted by atomic mass is 9.74. The zero-order chi connectivity index (χ0) is 18.3. The Hall–Kier alpha value is -1.61. The van der Waals surface area contributed by atoms with Gasteiger partial charge in [0.2, 0.25) is 15.9 Å². The molecule has 1 atom stereocenters. The van der Waals surface area contributed by atoms with Gasteiger partial charge in [0.1, 0.15) is 0 Å². The minimum Gasteiger partial charge on any atom is -0.356 e. The van der Waals surface area contributed by atoms with E-state index in [0.29, 0.717) is 31.9 Å². The molecule has 5 nitrogen and oxygen atoms in total. The van der Waals surface area contributed by atoms with Crippen LogP contribution in [0.15, 0.2) is 29.2 Å². The average molecular weight is 376 g/mol. The highest BCUT2D eigenvalue weighted by Gasteiger charge is 2.46. The Morgan fingerprint density at radius 1 is 1.16 bits per heavy atom. The lowest BCUT2D eigenvalue weighted by Crippen LogP contribution is -2.55. The standard InChI is InChI=1S/C16H19F3N2O3S/c17-16(18,19)12-4-1-5-13(10-12)25(23,24)21-9-3-7-15(11-21)6-2-8-20-14(15)22/h1,4-5,10H,2-3,6-9,11H2,(H,20,22). The summed E-state index contributed by atoms with van der Waals surface area (Å²) < 4.78 is 65.4. The van der Waals surface area contributed by atoms with E-state index in [9.17, 15) is 26.4 Å². The van der Waals surface area contributed by atoms with Gasteiger partial charge in [-0.1, -0.05) is 6.07 Å². The summed E-state index contributed by atoms with van der Waals surface area (Å²) in [5.74, 6) is -0.164. The van der Waals surface area contributed by atoms with E-state index in [0.717, 1.165) is 28.9 Å². The molecule has 1 amide bonds. The van der Waals surface area contributed by atoms with Gasteiger partial charge in [0.15, 0.2) is 0 Å². The molecule has 1 aromatic rings. The summed E-state index contributed by atoms with van der Waals surface area (Å²) in [6.45, 7) is 0.784. The van der Waals surface area contributed by atoms with E-state index in [1.165, 1.54) is 0 Å². The number of carbonyl (C=O) groups excluding carboxylic acids is 1. The third-order valence-corrected chi connectivity index (χ3v) is 6.78. The molecule has 0 aromatic heterocycles. The molecule has 0 radical (unpaired) electrons. The minimum atomic E-state index is -4.61. The van der Waals surface area contributed by atoms with Crippen molar-refractivity contribution in [1.82, 2.24) is 9.62 Å². The van der Waals surface area contributed by atoms with Gasteiger partial charge in [-0.05, 0) is 43.9 Å². The van der Waals surface area contributed by atoms with Gasteiger partial charge < -0.3 is 5.32 Å². The molecule has 3 rings (SSSR count). The predicted octanol–water partition coefficient (Wildman–Crippen LogP) is 2.39. The Bertz CT molecular complexity index is 775. The van der Waals surface area contributed by atoms with Gasteiger partial charge >= 0.3 is 6.18 Å². The largest absolute Gasteiger partial charge is 0.416 e. The Labute approximate surface area is 144 Å². The van der Waals surface area contributed by atoms with Crippen molar-refractivity contribution in [3.05, 3.63) is 29.8 Å². The molecule has 2 aliphatic rings. The number of sulfonamides is 1. The molecule has 1 spiro atoms. The van der Waals surface area contributed by atoms with E-state index in [1.54, 1.807) is 0 Å². The van der Waals surface area contributed by atoms with Crippen LogP contribution in [0.5, 0.6) is 0 Å². The van der Waals surface area contributed by atoms with Crippen LogP contribution >= 0.6 is 0 Å². The zero-order valence-electron chi connectivity index (χ0n) is 13.5. The van der Waals surface area contributed by atoms with Crippen LogP contribution in [0.1, 0.15) is 31.2 Å². The number of hydrogen-bond acceptors (Lipinski definition) is 3. The van der Waals surface area contributed by atoms with Crippen LogP contribution < -0.4 is 5.32 Å². The summed E-state index contributed by atoms with van der Waals surface area (Å²) in [6.07, 6.45) is -2.16. The molecule has 2 saturated heterocycles. The van der Waals surface area contributed by atoms with Crippen LogP contribution in [0.25, 0.3) is 0 Å². The number of nitrogens with one attached hydrogen (secondary N) is 1. The van der Waals surface area contributed by atoms with E-state index in [1.807, 2.05) is 0 Å². The molecular weight excluding hydrogens is 357 g/mol. The van der Waals surface area contributed by atoms with E-state index < -0.39 is 32.1 Å². The summed E-state index contributed by atoms with van der Waals surface area (Å²) in [7, 11) is -4.09. The number of nitrogens with zero attached hydrogens (tertiary/aromatic N) is 1. The van der Waals surface area contributed by atoms with Crippen molar-refractivity contribution in [2.45, 2.75) is 36.8 Å². The second-order valence-electron chi connectivity index (χ2n) is 6.61. The van der Waals surface area contributed by atoms with Crippen LogP contribution in [0.3, 0.4) is 0 Å². The Kier molecular flexibility index (Phi) is 4.57. The zero-order valence-corrected chi connectivity index (χ0v) is 14.3. The van der Waals surface area contributed by atoms with Crippen molar-refractivity contribution in [2.24, 2.45) is 5.41 Å². The predicted molar refractivity (Wildman–Crippen MR) is 84.1 cm³/mol. The van der Waals surface area contributed by atoms with Crippen molar-refractivity contribution >= 4 is 15.9 Å². The summed E-state index contributed by atoms with van der Waals surface area (Å²) in [5.41, 5.74) is -1.78. The number of alkyl halides is 3.